The first-order chi connectivity index (χ1) is 4.75. The van der Waals surface area contributed by atoms with E-state index in [0.717, 1.165) is 15.6 Å². The Morgan fingerprint density at radius 1 is 1.60 bits per heavy atom. The van der Waals surface area contributed by atoms with Gasteiger partial charge in [0.25, 0.3) is 0 Å². The number of halogens is 2. The number of aromatic nitrogens is 1. The van der Waals surface area contributed by atoms with Crippen LogP contribution in [-0.2, 0) is 5.88 Å². The zero-order valence-electron chi connectivity index (χ0n) is 5.56. The van der Waals surface area contributed by atoms with Crippen molar-refractivity contribution in [3.8, 4) is 0 Å². The Balaban J connectivity index is 3.17. The second kappa shape index (κ2) is 3.35. The van der Waals surface area contributed by atoms with Crippen LogP contribution < -0.4 is 0 Å². The van der Waals surface area contributed by atoms with Gasteiger partial charge in [0.1, 0.15) is 0 Å². The summed E-state index contributed by atoms with van der Waals surface area (Å²) in [4.78, 5) is 3.99. The molecule has 0 N–H and O–H groups in total. The highest BCUT2D eigenvalue weighted by atomic mass is 79.9. The maximum atomic E-state index is 5.68. The third-order valence-electron chi connectivity index (χ3n) is 1.35. The van der Waals surface area contributed by atoms with Crippen molar-refractivity contribution in [1.29, 1.82) is 0 Å². The zero-order chi connectivity index (χ0) is 7.56. The van der Waals surface area contributed by atoms with Gasteiger partial charge in [0.05, 0.1) is 0 Å². The second-order valence-corrected chi connectivity index (χ2v) is 3.17. The van der Waals surface area contributed by atoms with E-state index in [-0.39, 0.29) is 0 Å². The normalized spacial score (nSPS) is 9.90. The van der Waals surface area contributed by atoms with Crippen LogP contribution in [-0.4, -0.2) is 4.98 Å². The summed E-state index contributed by atoms with van der Waals surface area (Å²) in [6, 6.07) is 0. The van der Waals surface area contributed by atoms with Crippen molar-refractivity contribution in [3.05, 3.63) is 28.0 Å². The molecule has 10 heavy (non-hydrogen) atoms. The molecule has 1 heterocycles. The molecule has 1 rings (SSSR count). The van der Waals surface area contributed by atoms with Crippen LogP contribution in [0.4, 0.5) is 0 Å². The Bertz CT molecular complexity index is 217. The average Bonchev–Trinajstić information content (AvgIpc) is 1.88. The lowest BCUT2D eigenvalue weighted by atomic mass is 10.2. The van der Waals surface area contributed by atoms with Gasteiger partial charge in [0.15, 0.2) is 0 Å². The smallest absolute Gasteiger partial charge is 0.0489 e. The summed E-state index contributed by atoms with van der Waals surface area (Å²) in [6.45, 7) is 2.00. The molecule has 0 aliphatic heterocycles. The molecule has 0 bridgehead atoms. The van der Waals surface area contributed by atoms with E-state index < -0.39 is 0 Å². The number of hydrogen-bond donors (Lipinski definition) is 0. The highest BCUT2D eigenvalue weighted by molar-refractivity contribution is 9.10. The molecule has 3 heteroatoms. The Kier molecular flexibility index (Phi) is 2.69. The van der Waals surface area contributed by atoms with E-state index in [1.165, 1.54) is 0 Å². The van der Waals surface area contributed by atoms with Crippen molar-refractivity contribution in [2.75, 3.05) is 0 Å². The highest BCUT2D eigenvalue weighted by Crippen LogP contribution is 2.19. The van der Waals surface area contributed by atoms with Crippen LogP contribution in [0.25, 0.3) is 0 Å². The fourth-order valence-electron chi connectivity index (χ4n) is 0.728. The maximum absolute atomic E-state index is 5.68. The molecule has 0 aliphatic carbocycles. The van der Waals surface area contributed by atoms with Crippen molar-refractivity contribution in [1.82, 2.24) is 4.98 Å². The molecule has 0 aromatic carbocycles. The molecule has 1 aromatic rings. The van der Waals surface area contributed by atoms with Crippen molar-refractivity contribution < 1.29 is 0 Å². The van der Waals surface area contributed by atoms with Gasteiger partial charge in [-0.1, -0.05) is 0 Å². The molecule has 0 amide bonds. The minimum Gasteiger partial charge on any atom is -0.263 e. The number of aryl methyl sites for hydroxylation is 1. The number of nitrogens with zero attached hydrogens (tertiary/aromatic N) is 1. The lowest BCUT2D eigenvalue weighted by molar-refractivity contribution is 1.18. The largest absolute Gasteiger partial charge is 0.263 e. The molecular weight excluding hydrogens is 213 g/mol. The van der Waals surface area contributed by atoms with Gasteiger partial charge in [-0.25, -0.2) is 0 Å². The van der Waals surface area contributed by atoms with E-state index in [2.05, 4.69) is 20.9 Å². The van der Waals surface area contributed by atoms with Crippen molar-refractivity contribution in [3.63, 3.8) is 0 Å². The summed E-state index contributed by atoms with van der Waals surface area (Å²) < 4.78 is 0.988. The number of hydrogen-bond acceptors (Lipinski definition) is 1. The summed E-state index contributed by atoms with van der Waals surface area (Å²) in [7, 11) is 0. The summed E-state index contributed by atoms with van der Waals surface area (Å²) in [5.74, 6) is 0.537. The van der Waals surface area contributed by atoms with Gasteiger partial charge < -0.3 is 0 Å². The molecule has 0 spiro atoms. The minimum absolute atomic E-state index is 0.537. The quantitative estimate of drug-likeness (QED) is 0.663. The summed E-state index contributed by atoms with van der Waals surface area (Å²) in [5, 5.41) is 0. The third kappa shape index (κ3) is 1.50. The van der Waals surface area contributed by atoms with Gasteiger partial charge in [-0.3, -0.25) is 4.98 Å². The highest BCUT2D eigenvalue weighted by Gasteiger charge is 2.00. The SMILES string of the molecule is Cc1cncc(Br)c1CCl. The van der Waals surface area contributed by atoms with Gasteiger partial charge in [-0.15, -0.1) is 11.6 Å². The molecule has 0 unspecified atom stereocenters. The fourth-order valence-corrected chi connectivity index (χ4v) is 1.82. The van der Waals surface area contributed by atoms with E-state index >= 15 is 0 Å². The minimum atomic E-state index is 0.537. The van der Waals surface area contributed by atoms with Gasteiger partial charge in [-0.05, 0) is 34.0 Å². The summed E-state index contributed by atoms with van der Waals surface area (Å²) >= 11 is 9.04. The summed E-state index contributed by atoms with van der Waals surface area (Å²) in [6.07, 6.45) is 3.56. The van der Waals surface area contributed by atoms with Gasteiger partial charge in [-0.2, -0.15) is 0 Å². The molecule has 0 saturated carbocycles. The second-order valence-electron chi connectivity index (χ2n) is 2.05. The number of alkyl halides is 1. The average molecular weight is 220 g/mol. The topological polar surface area (TPSA) is 12.9 Å². The van der Waals surface area contributed by atoms with Crippen molar-refractivity contribution >= 4 is 27.5 Å². The Morgan fingerprint density at radius 2 is 2.30 bits per heavy atom. The molecule has 0 radical (unpaired) electrons. The van der Waals surface area contributed by atoms with E-state index in [4.69, 9.17) is 11.6 Å². The van der Waals surface area contributed by atoms with E-state index in [0.29, 0.717) is 5.88 Å². The molecule has 0 atom stereocenters. The summed E-state index contributed by atoms with van der Waals surface area (Å²) in [5.41, 5.74) is 2.25. The first kappa shape index (κ1) is 8.02. The number of rotatable bonds is 1. The van der Waals surface area contributed by atoms with Crippen LogP contribution in [0.2, 0.25) is 0 Å². The molecular formula is C7H7BrClN. The van der Waals surface area contributed by atoms with Crippen LogP contribution >= 0.6 is 27.5 Å². The van der Waals surface area contributed by atoms with Crippen molar-refractivity contribution in [2.24, 2.45) is 0 Å². The molecule has 0 aliphatic rings. The molecule has 54 valence electrons. The third-order valence-corrected chi connectivity index (χ3v) is 2.30. The van der Waals surface area contributed by atoms with Crippen LogP contribution in [0.5, 0.6) is 0 Å². The number of pyridine rings is 1. The van der Waals surface area contributed by atoms with Gasteiger partial charge >= 0.3 is 0 Å². The van der Waals surface area contributed by atoms with E-state index in [1.54, 1.807) is 6.20 Å². The van der Waals surface area contributed by atoms with Crippen LogP contribution in [0, 0.1) is 6.92 Å². The lowest BCUT2D eigenvalue weighted by Crippen LogP contribution is -1.87. The van der Waals surface area contributed by atoms with Gasteiger partial charge in [0.2, 0.25) is 0 Å². The van der Waals surface area contributed by atoms with E-state index in [1.807, 2.05) is 13.1 Å². The predicted molar refractivity (Wildman–Crippen MR) is 46.2 cm³/mol. The zero-order valence-corrected chi connectivity index (χ0v) is 7.91. The van der Waals surface area contributed by atoms with Crippen LogP contribution in [0.15, 0.2) is 16.9 Å². The fraction of sp³-hybridized carbons (Fsp3) is 0.286. The van der Waals surface area contributed by atoms with Crippen LogP contribution in [0.3, 0.4) is 0 Å². The predicted octanol–water partition coefficient (Wildman–Crippen LogP) is 2.89. The molecule has 1 aromatic heterocycles. The monoisotopic (exact) mass is 219 g/mol. The molecule has 1 nitrogen and oxygen atoms in total. The molecule has 0 fully saturated rings. The first-order valence-electron chi connectivity index (χ1n) is 2.90. The Labute approximate surface area is 73.6 Å². The Hall–Kier alpha value is -0.0800. The first-order valence-corrected chi connectivity index (χ1v) is 4.23. The standard InChI is InChI=1S/C7H7BrClN/c1-5-3-10-4-7(8)6(5)2-9/h3-4H,2H2,1H3. The molecule has 0 saturated heterocycles. The maximum Gasteiger partial charge on any atom is 0.0489 e. The van der Waals surface area contributed by atoms with E-state index in [9.17, 15) is 0 Å². The van der Waals surface area contributed by atoms with Gasteiger partial charge in [0, 0.05) is 22.7 Å². The van der Waals surface area contributed by atoms with Crippen molar-refractivity contribution in [2.45, 2.75) is 12.8 Å². The lowest BCUT2D eigenvalue weighted by Gasteiger charge is -2.01. The Morgan fingerprint density at radius 3 is 2.70 bits per heavy atom. The van der Waals surface area contributed by atoms with Crippen LogP contribution in [0.1, 0.15) is 11.1 Å².